The first kappa shape index (κ1) is 18.7. The number of ether oxygens (including phenoxy) is 1. The van der Waals surface area contributed by atoms with E-state index < -0.39 is 0 Å². The second-order valence-corrected chi connectivity index (χ2v) is 6.28. The summed E-state index contributed by atoms with van der Waals surface area (Å²) in [5, 5.41) is 4.62. The van der Waals surface area contributed by atoms with Crippen molar-refractivity contribution in [3.63, 3.8) is 0 Å². The predicted octanol–water partition coefficient (Wildman–Crippen LogP) is 4.37. The maximum Gasteiger partial charge on any atom is 0.118 e. The third-order valence-corrected chi connectivity index (χ3v) is 3.79. The molecule has 132 valence electrons. The first-order valence-corrected chi connectivity index (χ1v) is 8.44. The van der Waals surface area contributed by atoms with Crippen molar-refractivity contribution in [3.8, 4) is 5.75 Å². The Balaban J connectivity index is 2.16. The summed E-state index contributed by atoms with van der Waals surface area (Å²) < 4.78 is 5.20. The lowest BCUT2D eigenvalue weighted by molar-refractivity contribution is 0.381. The van der Waals surface area contributed by atoms with E-state index in [1.807, 2.05) is 54.6 Å². The average molecular weight is 337 g/mol. The van der Waals surface area contributed by atoms with Gasteiger partial charge in [-0.3, -0.25) is 5.43 Å². The average Bonchev–Trinajstić information content (AvgIpc) is 2.62. The third-order valence-electron chi connectivity index (χ3n) is 3.79. The van der Waals surface area contributed by atoms with Gasteiger partial charge < -0.3 is 9.64 Å². The minimum Gasteiger partial charge on any atom is -0.497 e. The molecule has 1 atom stereocenters. The van der Waals surface area contributed by atoms with Gasteiger partial charge in [-0.1, -0.05) is 43.3 Å². The van der Waals surface area contributed by atoms with Gasteiger partial charge in [0, 0.05) is 12.5 Å². The number of hydrazone groups is 1. The lowest BCUT2D eigenvalue weighted by Crippen LogP contribution is -2.25. The van der Waals surface area contributed by atoms with E-state index in [4.69, 9.17) is 4.74 Å². The molecule has 2 aromatic carbocycles. The molecule has 0 aliphatic rings. The molecule has 0 fully saturated rings. The minimum absolute atomic E-state index is 0.306. The molecule has 4 nitrogen and oxygen atoms in total. The second kappa shape index (κ2) is 9.64. The number of benzene rings is 2. The predicted molar refractivity (Wildman–Crippen MR) is 107 cm³/mol. The SMILES string of the molecule is COc1ccc(C=C/C(=N/Nc2ccccc2)C(C)CN(C)C)cc1. The molecule has 0 heterocycles. The number of methoxy groups -OCH3 is 1. The van der Waals surface area contributed by atoms with E-state index in [1.54, 1.807) is 7.11 Å². The quantitative estimate of drug-likeness (QED) is 0.574. The first-order valence-electron chi connectivity index (χ1n) is 8.44. The Morgan fingerprint density at radius 3 is 2.40 bits per heavy atom. The second-order valence-electron chi connectivity index (χ2n) is 6.28. The van der Waals surface area contributed by atoms with Crippen LogP contribution in [-0.4, -0.2) is 38.4 Å². The van der Waals surface area contributed by atoms with E-state index in [1.165, 1.54) is 0 Å². The number of allylic oxidation sites excluding steroid dienone is 1. The highest BCUT2D eigenvalue weighted by atomic mass is 16.5. The van der Waals surface area contributed by atoms with Gasteiger partial charge in [0.25, 0.3) is 0 Å². The van der Waals surface area contributed by atoms with Crippen LogP contribution in [0, 0.1) is 5.92 Å². The number of hydrogen-bond acceptors (Lipinski definition) is 4. The lowest BCUT2D eigenvalue weighted by Gasteiger charge is -2.17. The Morgan fingerprint density at radius 1 is 1.12 bits per heavy atom. The highest BCUT2D eigenvalue weighted by molar-refractivity contribution is 6.00. The largest absolute Gasteiger partial charge is 0.497 e. The van der Waals surface area contributed by atoms with Crippen molar-refractivity contribution in [3.05, 3.63) is 66.2 Å². The van der Waals surface area contributed by atoms with Gasteiger partial charge in [0.1, 0.15) is 5.75 Å². The summed E-state index contributed by atoms with van der Waals surface area (Å²) in [5.74, 6) is 1.17. The van der Waals surface area contributed by atoms with Crippen LogP contribution in [0.3, 0.4) is 0 Å². The van der Waals surface area contributed by atoms with E-state index in [0.717, 1.165) is 29.3 Å². The molecule has 0 amide bonds. The zero-order chi connectivity index (χ0) is 18.1. The Kier molecular flexibility index (Phi) is 7.23. The van der Waals surface area contributed by atoms with Crippen molar-refractivity contribution < 1.29 is 4.74 Å². The van der Waals surface area contributed by atoms with E-state index in [-0.39, 0.29) is 0 Å². The van der Waals surface area contributed by atoms with Gasteiger partial charge in [-0.15, -0.1) is 0 Å². The molecule has 0 radical (unpaired) electrons. The summed E-state index contributed by atoms with van der Waals surface area (Å²) in [6.45, 7) is 3.12. The van der Waals surface area contributed by atoms with E-state index in [2.05, 4.69) is 48.6 Å². The van der Waals surface area contributed by atoms with Crippen LogP contribution in [0.1, 0.15) is 12.5 Å². The van der Waals surface area contributed by atoms with Gasteiger partial charge in [0.15, 0.2) is 0 Å². The zero-order valence-corrected chi connectivity index (χ0v) is 15.4. The van der Waals surface area contributed by atoms with Crippen LogP contribution in [0.5, 0.6) is 5.75 Å². The molecule has 25 heavy (non-hydrogen) atoms. The summed E-state index contributed by atoms with van der Waals surface area (Å²) in [7, 11) is 5.83. The van der Waals surface area contributed by atoms with Crippen LogP contribution in [-0.2, 0) is 0 Å². The Labute approximate surface area is 150 Å². The summed E-state index contributed by atoms with van der Waals surface area (Å²) in [6, 6.07) is 18.0. The van der Waals surface area contributed by atoms with Crippen molar-refractivity contribution in [2.24, 2.45) is 11.0 Å². The summed E-state index contributed by atoms with van der Waals surface area (Å²) in [4.78, 5) is 2.17. The van der Waals surface area contributed by atoms with Crippen LogP contribution in [0.4, 0.5) is 5.69 Å². The van der Waals surface area contributed by atoms with Gasteiger partial charge in [0.2, 0.25) is 0 Å². The molecular formula is C21H27N3O. The monoisotopic (exact) mass is 337 g/mol. The fraction of sp³-hybridized carbons (Fsp3) is 0.286. The zero-order valence-electron chi connectivity index (χ0n) is 15.4. The number of hydrogen-bond donors (Lipinski definition) is 1. The van der Waals surface area contributed by atoms with Crippen LogP contribution >= 0.6 is 0 Å². The number of nitrogens with one attached hydrogen (secondary N) is 1. The molecule has 1 unspecified atom stereocenters. The van der Waals surface area contributed by atoms with Crippen molar-refractivity contribution >= 4 is 17.5 Å². The standard InChI is InChI=1S/C21H27N3O/c1-17(16-24(2)3)21(23-22-19-8-6-5-7-9-19)15-12-18-10-13-20(25-4)14-11-18/h5-15,17,22H,16H2,1-4H3/b15-12?,23-21-. The summed E-state index contributed by atoms with van der Waals surface area (Å²) in [5.41, 5.74) is 6.26. The van der Waals surface area contributed by atoms with Crippen LogP contribution in [0.25, 0.3) is 6.08 Å². The molecule has 0 saturated heterocycles. The fourth-order valence-corrected chi connectivity index (χ4v) is 2.49. The van der Waals surface area contributed by atoms with E-state index in [9.17, 15) is 0 Å². The molecule has 1 N–H and O–H groups in total. The fourth-order valence-electron chi connectivity index (χ4n) is 2.49. The van der Waals surface area contributed by atoms with Gasteiger partial charge in [0.05, 0.1) is 18.5 Å². The van der Waals surface area contributed by atoms with E-state index in [0.29, 0.717) is 5.92 Å². The number of nitrogens with zero attached hydrogens (tertiary/aromatic N) is 2. The molecular weight excluding hydrogens is 310 g/mol. The third kappa shape index (κ3) is 6.43. The maximum atomic E-state index is 5.20. The number of rotatable bonds is 8. The van der Waals surface area contributed by atoms with Crippen LogP contribution < -0.4 is 10.2 Å². The molecule has 2 rings (SSSR count). The Bertz CT molecular complexity index is 691. The Hall–Kier alpha value is -2.59. The highest BCUT2D eigenvalue weighted by Crippen LogP contribution is 2.14. The van der Waals surface area contributed by atoms with Gasteiger partial charge >= 0.3 is 0 Å². The highest BCUT2D eigenvalue weighted by Gasteiger charge is 2.09. The summed E-state index contributed by atoms with van der Waals surface area (Å²) >= 11 is 0. The molecule has 4 heteroatoms. The molecule has 0 saturated carbocycles. The molecule has 2 aromatic rings. The van der Waals surface area contributed by atoms with Gasteiger partial charge in [-0.05, 0) is 50.0 Å². The van der Waals surface area contributed by atoms with Crippen molar-refractivity contribution in [1.29, 1.82) is 0 Å². The molecule has 0 spiro atoms. The topological polar surface area (TPSA) is 36.9 Å². The Morgan fingerprint density at radius 2 is 1.80 bits per heavy atom. The lowest BCUT2D eigenvalue weighted by atomic mass is 10.0. The van der Waals surface area contributed by atoms with Crippen LogP contribution in [0.15, 0.2) is 65.8 Å². The van der Waals surface area contributed by atoms with Crippen molar-refractivity contribution in [2.45, 2.75) is 6.92 Å². The van der Waals surface area contributed by atoms with Gasteiger partial charge in [-0.2, -0.15) is 5.10 Å². The van der Waals surface area contributed by atoms with Crippen LogP contribution in [0.2, 0.25) is 0 Å². The number of para-hydroxylation sites is 1. The van der Waals surface area contributed by atoms with E-state index >= 15 is 0 Å². The molecule has 0 aromatic heterocycles. The van der Waals surface area contributed by atoms with Crippen molar-refractivity contribution in [2.75, 3.05) is 33.2 Å². The first-order chi connectivity index (χ1) is 12.1. The number of anilines is 1. The van der Waals surface area contributed by atoms with Gasteiger partial charge in [-0.25, -0.2) is 0 Å². The summed E-state index contributed by atoms with van der Waals surface area (Å²) in [6.07, 6.45) is 4.16. The van der Waals surface area contributed by atoms with Crippen molar-refractivity contribution in [1.82, 2.24) is 4.90 Å². The molecule has 0 bridgehead atoms. The smallest absolute Gasteiger partial charge is 0.118 e. The molecule has 0 aliphatic heterocycles. The maximum absolute atomic E-state index is 5.20. The normalized spacial score (nSPS) is 13.2. The molecule has 0 aliphatic carbocycles. The minimum atomic E-state index is 0.306.